The van der Waals surface area contributed by atoms with Crippen LogP contribution in [0.1, 0.15) is 17.0 Å². The van der Waals surface area contributed by atoms with E-state index in [-0.39, 0.29) is 0 Å². The summed E-state index contributed by atoms with van der Waals surface area (Å²) < 4.78 is 2.12. The molecule has 0 aliphatic carbocycles. The molecule has 0 fully saturated rings. The van der Waals surface area contributed by atoms with Gasteiger partial charge in [-0.05, 0) is 47.7 Å². The molecule has 19 heavy (non-hydrogen) atoms. The molecule has 0 aromatic heterocycles. The largest absolute Gasteiger partial charge is 0.0921 e. The van der Waals surface area contributed by atoms with Crippen LogP contribution in [0.2, 0.25) is 5.02 Å². The number of halogens is 4. The lowest BCUT2D eigenvalue weighted by Crippen LogP contribution is -2.05. The maximum Gasteiger partial charge on any atom is 0.0449 e. The Morgan fingerprint density at radius 2 is 1.58 bits per heavy atom. The van der Waals surface area contributed by atoms with Crippen LogP contribution in [0.4, 0.5) is 0 Å². The Morgan fingerprint density at radius 3 is 2.16 bits per heavy atom. The molecule has 1 unspecified atom stereocenters. The molecule has 2 aromatic rings. The van der Waals surface area contributed by atoms with Gasteiger partial charge < -0.3 is 0 Å². The summed E-state index contributed by atoms with van der Waals surface area (Å²) in [5.74, 6) is 0.423. The van der Waals surface area contributed by atoms with Gasteiger partial charge in [-0.1, -0.05) is 77.6 Å². The summed E-state index contributed by atoms with van der Waals surface area (Å²) in [4.78, 5) is 0. The lowest BCUT2D eigenvalue weighted by molar-refractivity contribution is 0.775. The van der Waals surface area contributed by atoms with Crippen molar-refractivity contribution in [2.75, 3.05) is 5.33 Å². The summed E-state index contributed by atoms with van der Waals surface area (Å²) in [6, 6.07) is 14.5. The predicted molar refractivity (Wildman–Crippen MR) is 93.5 cm³/mol. The Labute approximate surface area is 143 Å². The molecule has 0 aliphatic rings. The van der Waals surface area contributed by atoms with Crippen molar-refractivity contribution in [2.24, 2.45) is 0 Å². The Hall–Kier alpha value is 0.170. The fourth-order valence-corrected chi connectivity index (χ4v) is 3.57. The molecule has 0 saturated heterocycles. The molecule has 0 aliphatic heterocycles. The number of rotatable bonds is 4. The molecule has 2 rings (SSSR count). The second kappa shape index (κ2) is 7.26. The molecule has 100 valence electrons. The van der Waals surface area contributed by atoms with Crippen LogP contribution >= 0.6 is 59.4 Å². The van der Waals surface area contributed by atoms with Gasteiger partial charge >= 0.3 is 0 Å². The molecule has 0 bridgehead atoms. The van der Waals surface area contributed by atoms with Crippen molar-refractivity contribution in [2.45, 2.75) is 12.3 Å². The summed E-state index contributed by atoms with van der Waals surface area (Å²) in [6.07, 6.45) is 0.930. The second-order valence-electron chi connectivity index (χ2n) is 4.34. The number of hydrogen-bond acceptors (Lipinski definition) is 0. The highest BCUT2D eigenvalue weighted by molar-refractivity contribution is 9.10. The molecule has 0 heterocycles. The van der Waals surface area contributed by atoms with Crippen molar-refractivity contribution in [3.05, 3.63) is 67.6 Å². The quantitative estimate of drug-likeness (QED) is 0.446. The van der Waals surface area contributed by atoms with Crippen LogP contribution in [0.15, 0.2) is 51.4 Å². The van der Waals surface area contributed by atoms with Gasteiger partial charge in [0.25, 0.3) is 0 Å². The zero-order valence-electron chi connectivity index (χ0n) is 10.0. The van der Waals surface area contributed by atoms with Gasteiger partial charge in [-0.3, -0.25) is 0 Å². The highest BCUT2D eigenvalue weighted by atomic mass is 79.9. The summed E-state index contributed by atoms with van der Waals surface area (Å²) in [5.41, 5.74) is 2.50. The van der Waals surface area contributed by atoms with E-state index in [1.165, 1.54) is 11.1 Å². The molecule has 0 nitrogen and oxygen atoms in total. The van der Waals surface area contributed by atoms with Gasteiger partial charge in [-0.2, -0.15) is 0 Å². The van der Waals surface area contributed by atoms with Gasteiger partial charge in [0.1, 0.15) is 0 Å². The van der Waals surface area contributed by atoms with Crippen LogP contribution in [0.3, 0.4) is 0 Å². The number of benzene rings is 2. The van der Waals surface area contributed by atoms with E-state index >= 15 is 0 Å². The molecule has 0 N–H and O–H groups in total. The van der Waals surface area contributed by atoms with E-state index in [4.69, 9.17) is 11.6 Å². The number of alkyl halides is 1. The molecule has 0 amide bonds. The monoisotopic (exact) mass is 464 g/mol. The minimum absolute atomic E-state index is 0.423. The normalized spacial score (nSPS) is 12.4. The third-order valence-electron chi connectivity index (χ3n) is 3.01. The maximum atomic E-state index is 6.29. The van der Waals surface area contributed by atoms with Crippen molar-refractivity contribution >= 4 is 59.4 Å². The molecule has 0 saturated carbocycles. The fourth-order valence-electron chi connectivity index (χ4n) is 1.95. The lowest BCUT2D eigenvalue weighted by atomic mass is 9.94. The van der Waals surface area contributed by atoms with Gasteiger partial charge in [0, 0.05) is 19.3 Å². The first-order chi connectivity index (χ1) is 9.10. The highest BCUT2D eigenvalue weighted by Gasteiger charge is 2.13. The minimum atomic E-state index is 0.423. The van der Waals surface area contributed by atoms with Crippen molar-refractivity contribution in [3.63, 3.8) is 0 Å². The van der Waals surface area contributed by atoms with E-state index in [2.05, 4.69) is 78.1 Å². The molecular weight excluding hydrogens is 455 g/mol. The van der Waals surface area contributed by atoms with Crippen LogP contribution < -0.4 is 0 Å². The fraction of sp³-hybridized carbons (Fsp3) is 0.200. The summed E-state index contributed by atoms with van der Waals surface area (Å²) in [7, 11) is 0. The van der Waals surface area contributed by atoms with Crippen LogP contribution in [0.5, 0.6) is 0 Å². The highest BCUT2D eigenvalue weighted by Crippen LogP contribution is 2.29. The van der Waals surface area contributed by atoms with E-state index in [1.807, 2.05) is 12.1 Å². The lowest BCUT2D eigenvalue weighted by Gasteiger charge is -2.16. The first-order valence-electron chi connectivity index (χ1n) is 5.85. The van der Waals surface area contributed by atoms with Crippen molar-refractivity contribution < 1.29 is 0 Å². The first-order valence-corrected chi connectivity index (χ1v) is 8.94. The molecule has 1 atom stereocenters. The van der Waals surface area contributed by atoms with Gasteiger partial charge in [0.05, 0.1) is 0 Å². The molecular formula is C15H12Br3Cl. The Bertz CT molecular complexity index is 552. The van der Waals surface area contributed by atoms with Gasteiger partial charge in [-0.15, -0.1) is 0 Å². The molecule has 4 heteroatoms. The minimum Gasteiger partial charge on any atom is -0.0921 e. The van der Waals surface area contributed by atoms with Crippen LogP contribution in [-0.2, 0) is 6.42 Å². The van der Waals surface area contributed by atoms with E-state index < -0.39 is 0 Å². The average molecular weight is 467 g/mol. The molecule has 0 spiro atoms. The predicted octanol–water partition coefficient (Wildman–Crippen LogP) is 6.59. The zero-order chi connectivity index (χ0) is 13.8. The Kier molecular flexibility index (Phi) is 5.94. The third-order valence-corrected chi connectivity index (χ3v) is 5.16. The van der Waals surface area contributed by atoms with E-state index in [9.17, 15) is 0 Å². The van der Waals surface area contributed by atoms with E-state index in [0.29, 0.717) is 5.92 Å². The maximum absolute atomic E-state index is 6.29. The summed E-state index contributed by atoms with van der Waals surface area (Å²) >= 11 is 16.8. The Morgan fingerprint density at radius 1 is 0.947 bits per heavy atom. The summed E-state index contributed by atoms with van der Waals surface area (Å²) in [5, 5.41) is 1.73. The SMILES string of the molecule is Clc1cc(Br)ccc1CC(CBr)c1ccc(Br)cc1. The molecule has 2 aromatic carbocycles. The van der Waals surface area contributed by atoms with Crippen LogP contribution in [-0.4, -0.2) is 5.33 Å². The smallest absolute Gasteiger partial charge is 0.0449 e. The van der Waals surface area contributed by atoms with Crippen LogP contribution in [0, 0.1) is 0 Å². The Balaban J connectivity index is 2.21. The molecule has 0 radical (unpaired) electrons. The van der Waals surface area contributed by atoms with Crippen molar-refractivity contribution in [3.8, 4) is 0 Å². The standard InChI is InChI=1S/C15H12Br3Cl/c16-9-12(10-1-4-13(17)5-2-10)7-11-3-6-14(18)8-15(11)19/h1-6,8,12H,7,9H2. The first kappa shape index (κ1) is 15.6. The van der Waals surface area contributed by atoms with E-state index in [1.54, 1.807) is 0 Å². The van der Waals surface area contributed by atoms with Crippen LogP contribution in [0.25, 0.3) is 0 Å². The topological polar surface area (TPSA) is 0 Å². The zero-order valence-corrected chi connectivity index (χ0v) is 15.6. The van der Waals surface area contributed by atoms with E-state index in [0.717, 1.165) is 25.7 Å². The van der Waals surface area contributed by atoms with Crippen molar-refractivity contribution in [1.29, 1.82) is 0 Å². The second-order valence-corrected chi connectivity index (χ2v) is 7.23. The van der Waals surface area contributed by atoms with Gasteiger partial charge in [-0.25, -0.2) is 0 Å². The van der Waals surface area contributed by atoms with Crippen molar-refractivity contribution in [1.82, 2.24) is 0 Å². The van der Waals surface area contributed by atoms with Gasteiger partial charge in [0.15, 0.2) is 0 Å². The number of hydrogen-bond donors (Lipinski definition) is 0. The summed E-state index contributed by atoms with van der Waals surface area (Å²) in [6.45, 7) is 0. The van der Waals surface area contributed by atoms with Gasteiger partial charge in [0.2, 0.25) is 0 Å². The third kappa shape index (κ3) is 4.32. The average Bonchev–Trinajstić information content (AvgIpc) is 2.39.